The molecule has 2 aromatic rings. The van der Waals surface area contributed by atoms with Crippen LogP contribution in [0, 0.1) is 0 Å². The van der Waals surface area contributed by atoms with Crippen molar-refractivity contribution in [3.05, 3.63) is 60.2 Å². The summed E-state index contributed by atoms with van der Waals surface area (Å²) < 4.78 is 31.8. The monoisotopic (exact) mass is 420 g/mol. The number of hydrogen-bond acceptors (Lipinski definition) is 3. The predicted octanol–water partition coefficient (Wildman–Crippen LogP) is 6.79. The molecule has 0 radical (unpaired) electrons. The highest BCUT2D eigenvalue weighted by atomic mass is 32.2. The van der Waals surface area contributed by atoms with E-state index >= 15 is 0 Å². The highest BCUT2D eigenvalue weighted by molar-refractivity contribution is 7.85. The standard InChI is InChI=1S/C18H30O3S.C6H6O/c1-2-3-4-5-6-7-8-9-10-11-14-17-15-12-13-16-18(17)22(19,20)21;7-6-4-2-1-3-5-6/h12-13,15-16H,2-11,14H2,1H3,(H,19,20,21);1-5,7H. The zero-order valence-electron chi connectivity index (χ0n) is 17.6. The summed E-state index contributed by atoms with van der Waals surface area (Å²) in [6.45, 7) is 2.24. The Labute approximate surface area is 176 Å². The molecule has 0 aliphatic heterocycles. The zero-order chi connectivity index (χ0) is 21.4. The number of phenolic OH excluding ortho intramolecular Hbond substituents is 1. The van der Waals surface area contributed by atoms with Crippen LogP contribution in [0.1, 0.15) is 76.7 Å². The Kier molecular flexibility index (Phi) is 13.1. The van der Waals surface area contributed by atoms with Crippen molar-refractivity contribution in [2.45, 2.75) is 82.4 Å². The van der Waals surface area contributed by atoms with Crippen molar-refractivity contribution in [1.82, 2.24) is 0 Å². The van der Waals surface area contributed by atoms with Crippen molar-refractivity contribution in [3.63, 3.8) is 0 Å². The van der Waals surface area contributed by atoms with Crippen molar-refractivity contribution in [2.75, 3.05) is 0 Å². The summed E-state index contributed by atoms with van der Waals surface area (Å²) in [5, 5.41) is 8.63. The number of unbranched alkanes of at least 4 members (excludes halogenated alkanes) is 9. The third-order valence-corrected chi connectivity index (χ3v) is 5.76. The van der Waals surface area contributed by atoms with Crippen molar-refractivity contribution in [2.24, 2.45) is 0 Å². The van der Waals surface area contributed by atoms with Crippen LogP contribution in [-0.4, -0.2) is 18.1 Å². The molecule has 0 fully saturated rings. The highest BCUT2D eigenvalue weighted by Crippen LogP contribution is 2.18. The molecule has 0 unspecified atom stereocenters. The van der Waals surface area contributed by atoms with Crippen molar-refractivity contribution < 1.29 is 18.1 Å². The van der Waals surface area contributed by atoms with Gasteiger partial charge in [0.1, 0.15) is 5.75 Å². The molecular formula is C24H36O4S. The first-order chi connectivity index (χ1) is 13.9. The molecule has 0 amide bonds. The van der Waals surface area contributed by atoms with Crippen LogP contribution in [0.2, 0.25) is 0 Å². The highest BCUT2D eigenvalue weighted by Gasteiger charge is 2.13. The van der Waals surface area contributed by atoms with Crippen LogP contribution in [0.3, 0.4) is 0 Å². The van der Waals surface area contributed by atoms with Gasteiger partial charge in [0.25, 0.3) is 10.1 Å². The maximum Gasteiger partial charge on any atom is 0.294 e. The minimum atomic E-state index is -4.10. The first-order valence-electron chi connectivity index (χ1n) is 10.7. The molecule has 0 aliphatic rings. The lowest BCUT2D eigenvalue weighted by Crippen LogP contribution is -2.03. The molecule has 0 spiro atoms. The number of benzene rings is 2. The summed E-state index contributed by atoms with van der Waals surface area (Å²) in [5.74, 6) is 0.322. The molecule has 162 valence electrons. The van der Waals surface area contributed by atoms with Crippen LogP contribution in [0.15, 0.2) is 59.5 Å². The zero-order valence-corrected chi connectivity index (χ0v) is 18.4. The maximum absolute atomic E-state index is 11.3. The van der Waals surface area contributed by atoms with E-state index in [1.807, 2.05) is 12.1 Å². The summed E-state index contributed by atoms with van der Waals surface area (Å²) in [5.41, 5.74) is 0.726. The fourth-order valence-electron chi connectivity index (χ4n) is 3.19. The van der Waals surface area contributed by atoms with E-state index < -0.39 is 10.1 Å². The number of rotatable bonds is 12. The molecule has 0 aromatic heterocycles. The molecule has 4 nitrogen and oxygen atoms in total. The van der Waals surface area contributed by atoms with Crippen LogP contribution in [0.4, 0.5) is 0 Å². The summed E-state index contributed by atoms with van der Waals surface area (Å²) >= 11 is 0. The van der Waals surface area contributed by atoms with Gasteiger partial charge in [-0.25, -0.2) is 0 Å². The fourth-order valence-corrected chi connectivity index (χ4v) is 3.94. The molecule has 2 aromatic carbocycles. The van der Waals surface area contributed by atoms with Gasteiger partial charge in [-0.1, -0.05) is 101 Å². The van der Waals surface area contributed by atoms with Crippen molar-refractivity contribution in [3.8, 4) is 5.75 Å². The molecule has 5 heteroatoms. The minimum absolute atomic E-state index is 0.0610. The van der Waals surface area contributed by atoms with Crippen LogP contribution >= 0.6 is 0 Å². The van der Waals surface area contributed by atoms with Gasteiger partial charge in [0.2, 0.25) is 0 Å². The van der Waals surface area contributed by atoms with Gasteiger partial charge in [0, 0.05) is 0 Å². The minimum Gasteiger partial charge on any atom is -0.508 e. The third kappa shape index (κ3) is 12.3. The first kappa shape index (κ1) is 25.2. The van der Waals surface area contributed by atoms with E-state index in [1.54, 1.807) is 36.4 Å². The van der Waals surface area contributed by atoms with Crippen molar-refractivity contribution in [1.29, 1.82) is 0 Å². The second-order valence-electron chi connectivity index (χ2n) is 7.35. The Balaban J connectivity index is 0.000000502. The van der Waals surface area contributed by atoms with Gasteiger partial charge < -0.3 is 5.11 Å². The van der Waals surface area contributed by atoms with Crippen LogP contribution < -0.4 is 0 Å². The molecule has 0 aliphatic carbocycles. The predicted molar refractivity (Wildman–Crippen MR) is 120 cm³/mol. The molecule has 0 heterocycles. The van der Waals surface area contributed by atoms with Crippen LogP contribution in [0.5, 0.6) is 5.75 Å². The molecule has 2 N–H and O–H groups in total. The molecule has 29 heavy (non-hydrogen) atoms. The lowest BCUT2D eigenvalue weighted by molar-refractivity contribution is 0.475. The topological polar surface area (TPSA) is 74.6 Å². The summed E-state index contributed by atoms with van der Waals surface area (Å²) in [6.07, 6.45) is 13.3. The molecule has 0 saturated heterocycles. The number of aromatic hydroxyl groups is 1. The lowest BCUT2D eigenvalue weighted by atomic mass is 10.0. The van der Waals surface area contributed by atoms with Gasteiger partial charge in [-0.15, -0.1) is 0 Å². The Bertz CT molecular complexity index is 757. The Morgan fingerprint density at radius 3 is 1.66 bits per heavy atom. The average molecular weight is 421 g/mol. The smallest absolute Gasteiger partial charge is 0.294 e. The van der Waals surface area contributed by atoms with Crippen molar-refractivity contribution >= 4 is 10.1 Å². The van der Waals surface area contributed by atoms with E-state index in [9.17, 15) is 13.0 Å². The van der Waals surface area contributed by atoms with E-state index in [0.717, 1.165) is 18.4 Å². The van der Waals surface area contributed by atoms with Gasteiger partial charge >= 0.3 is 0 Å². The number of phenols is 1. The number of aryl methyl sites for hydroxylation is 1. The summed E-state index contributed by atoms with van der Waals surface area (Å²) in [7, 11) is -4.10. The molecular weight excluding hydrogens is 384 g/mol. The first-order valence-corrected chi connectivity index (χ1v) is 12.2. The van der Waals surface area contributed by atoms with Gasteiger partial charge in [-0.3, -0.25) is 4.55 Å². The van der Waals surface area contributed by atoms with E-state index in [0.29, 0.717) is 12.2 Å². The van der Waals surface area contributed by atoms with Gasteiger partial charge in [-0.05, 0) is 36.6 Å². The van der Waals surface area contributed by atoms with E-state index in [4.69, 9.17) is 5.11 Å². The molecule has 0 saturated carbocycles. The molecule has 0 bridgehead atoms. The van der Waals surface area contributed by atoms with Gasteiger partial charge in [0.05, 0.1) is 4.90 Å². The third-order valence-electron chi connectivity index (χ3n) is 4.81. The van der Waals surface area contributed by atoms with E-state index in [-0.39, 0.29) is 4.90 Å². The SMILES string of the molecule is CCCCCCCCCCCCc1ccccc1S(=O)(=O)O.Oc1ccccc1. The largest absolute Gasteiger partial charge is 0.508 e. The average Bonchev–Trinajstić information content (AvgIpc) is 2.70. The number of para-hydroxylation sites is 1. The quantitative estimate of drug-likeness (QED) is 0.293. The van der Waals surface area contributed by atoms with E-state index in [2.05, 4.69) is 6.92 Å². The molecule has 0 atom stereocenters. The summed E-state index contributed by atoms with van der Waals surface area (Å²) in [4.78, 5) is 0.0610. The Morgan fingerprint density at radius 2 is 1.17 bits per heavy atom. The fraction of sp³-hybridized carbons (Fsp3) is 0.500. The second-order valence-corrected chi connectivity index (χ2v) is 8.74. The van der Waals surface area contributed by atoms with Crippen LogP contribution in [0.25, 0.3) is 0 Å². The maximum atomic E-state index is 11.3. The van der Waals surface area contributed by atoms with Crippen LogP contribution in [-0.2, 0) is 16.5 Å². The summed E-state index contributed by atoms with van der Waals surface area (Å²) in [6, 6.07) is 15.4. The van der Waals surface area contributed by atoms with Gasteiger partial charge in [0.15, 0.2) is 0 Å². The second kappa shape index (κ2) is 15.1. The molecule has 2 rings (SSSR count). The number of hydrogen-bond donors (Lipinski definition) is 2. The normalized spacial score (nSPS) is 11.0. The van der Waals surface area contributed by atoms with E-state index in [1.165, 1.54) is 57.4 Å². The Morgan fingerprint density at radius 1 is 0.690 bits per heavy atom. The lowest BCUT2D eigenvalue weighted by Gasteiger charge is -2.07. The van der Waals surface area contributed by atoms with Gasteiger partial charge in [-0.2, -0.15) is 8.42 Å². The Hall–Kier alpha value is -1.85.